The second-order valence-electron chi connectivity index (χ2n) is 5.62. The van der Waals surface area contributed by atoms with Crippen LogP contribution in [0.25, 0.3) is 11.3 Å². The SMILES string of the molecule is COc1ccccc1-c1cc(Nc2ccc(CS(N)(=O)=O)cc2)ncn1. The topological polar surface area (TPSA) is 107 Å². The molecule has 0 aliphatic carbocycles. The van der Waals surface area contributed by atoms with Gasteiger partial charge in [-0.05, 0) is 29.8 Å². The quantitative estimate of drug-likeness (QED) is 0.691. The number of primary sulfonamides is 1. The highest BCUT2D eigenvalue weighted by atomic mass is 32.2. The summed E-state index contributed by atoms with van der Waals surface area (Å²) in [5, 5.41) is 8.22. The lowest BCUT2D eigenvalue weighted by molar-refractivity contribution is 0.416. The molecular weight excluding hydrogens is 352 g/mol. The maximum atomic E-state index is 11.1. The summed E-state index contributed by atoms with van der Waals surface area (Å²) in [7, 11) is -1.93. The van der Waals surface area contributed by atoms with Gasteiger partial charge in [-0.15, -0.1) is 0 Å². The number of aromatic nitrogens is 2. The normalized spacial score (nSPS) is 11.2. The second-order valence-corrected chi connectivity index (χ2v) is 7.23. The smallest absolute Gasteiger partial charge is 0.213 e. The van der Waals surface area contributed by atoms with Gasteiger partial charge in [-0.3, -0.25) is 0 Å². The van der Waals surface area contributed by atoms with Crippen molar-refractivity contribution in [3.8, 4) is 17.0 Å². The van der Waals surface area contributed by atoms with E-state index in [-0.39, 0.29) is 5.75 Å². The van der Waals surface area contributed by atoms with Crippen LogP contribution in [0.2, 0.25) is 0 Å². The van der Waals surface area contributed by atoms with E-state index >= 15 is 0 Å². The molecule has 3 N–H and O–H groups in total. The number of rotatable bonds is 6. The zero-order valence-electron chi connectivity index (χ0n) is 14.1. The first-order valence-corrected chi connectivity index (χ1v) is 9.48. The van der Waals surface area contributed by atoms with E-state index in [1.807, 2.05) is 30.3 Å². The Labute approximate surface area is 151 Å². The van der Waals surface area contributed by atoms with Crippen molar-refractivity contribution < 1.29 is 13.2 Å². The molecule has 3 aromatic rings. The number of hydrogen-bond acceptors (Lipinski definition) is 6. The van der Waals surface area contributed by atoms with Gasteiger partial charge in [0.05, 0.1) is 18.6 Å². The Morgan fingerprint density at radius 1 is 1.08 bits per heavy atom. The third-order valence-electron chi connectivity index (χ3n) is 3.64. The van der Waals surface area contributed by atoms with E-state index in [9.17, 15) is 8.42 Å². The lowest BCUT2D eigenvalue weighted by Gasteiger charge is -2.10. The maximum absolute atomic E-state index is 11.1. The molecule has 0 spiro atoms. The fraction of sp³-hybridized carbons (Fsp3) is 0.111. The monoisotopic (exact) mass is 370 g/mol. The number of ether oxygens (including phenoxy) is 1. The summed E-state index contributed by atoms with van der Waals surface area (Å²) in [6.45, 7) is 0. The van der Waals surface area contributed by atoms with E-state index in [0.29, 0.717) is 11.4 Å². The highest BCUT2D eigenvalue weighted by Gasteiger charge is 2.08. The minimum atomic E-state index is -3.54. The second kappa shape index (κ2) is 7.51. The predicted molar refractivity (Wildman–Crippen MR) is 101 cm³/mol. The molecule has 134 valence electrons. The highest BCUT2D eigenvalue weighted by Crippen LogP contribution is 2.29. The van der Waals surface area contributed by atoms with Gasteiger partial charge in [0.2, 0.25) is 10.0 Å². The number of para-hydroxylation sites is 1. The molecule has 2 aromatic carbocycles. The van der Waals surface area contributed by atoms with Gasteiger partial charge in [0.25, 0.3) is 0 Å². The first kappa shape index (κ1) is 17.8. The van der Waals surface area contributed by atoms with Gasteiger partial charge >= 0.3 is 0 Å². The van der Waals surface area contributed by atoms with Crippen LogP contribution in [0.15, 0.2) is 60.9 Å². The number of nitrogens with one attached hydrogen (secondary N) is 1. The minimum absolute atomic E-state index is 0.196. The van der Waals surface area contributed by atoms with Crippen molar-refractivity contribution in [3.63, 3.8) is 0 Å². The fourth-order valence-corrected chi connectivity index (χ4v) is 3.15. The van der Waals surface area contributed by atoms with E-state index in [2.05, 4.69) is 15.3 Å². The van der Waals surface area contributed by atoms with Crippen LogP contribution in [0, 0.1) is 0 Å². The molecule has 0 bridgehead atoms. The van der Waals surface area contributed by atoms with Crippen molar-refractivity contribution in [1.29, 1.82) is 0 Å². The molecule has 0 unspecified atom stereocenters. The predicted octanol–water partition coefficient (Wildman–Crippen LogP) is 2.68. The molecule has 0 amide bonds. The molecule has 1 aromatic heterocycles. The Kier molecular flexibility index (Phi) is 5.15. The van der Waals surface area contributed by atoms with E-state index in [4.69, 9.17) is 9.88 Å². The molecule has 3 rings (SSSR count). The van der Waals surface area contributed by atoms with Crippen molar-refractivity contribution in [2.24, 2.45) is 5.14 Å². The number of anilines is 2. The van der Waals surface area contributed by atoms with E-state index in [1.165, 1.54) is 6.33 Å². The maximum Gasteiger partial charge on any atom is 0.213 e. The Hall–Kier alpha value is -2.97. The minimum Gasteiger partial charge on any atom is -0.496 e. The number of methoxy groups -OCH3 is 1. The summed E-state index contributed by atoms with van der Waals surface area (Å²) >= 11 is 0. The highest BCUT2D eigenvalue weighted by molar-refractivity contribution is 7.88. The summed E-state index contributed by atoms with van der Waals surface area (Å²) in [4.78, 5) is 8.52. The van der Waals surface area contributed by atoms with Crippen LogP contribution in [-0.2, 0) is 15.8 Å². The molecule has 0 radical (unpaired) electrons. The Bertz CT molecular complexity index is 1000. The molecule has 0 fully saturated rings. The average molecular weight is 370 g/mol. The summed E-state index contributed by atoms with van der Waals surface area (Å²) < 4.78 is 27.6. The summed E-state index contributed by atoms with van der Waals surface area (Å²) in [5.74, 6) is 1.14. The van der Waals surface area contributed by atoms with Gasteiger partial charge < -0.3 is 10.1 Å². The standard InChI is InChI=1S/C18H18N4O3S/c1-25-17-5-3-2-4-15(17)16-10-18(21-12-20-16)22-14-8-6-13(7-9-14)11-26(19,23)24/h2-10,12H,11H2,1H3,(H2,19,23,24)(H,20,21,22). The van der Waals surface area contributed by atoms with Gasteiger partial charge in [-0.2, -0.15) is 0 Å². The van der Waals surface area contributed by atoms with Gasteiger partial charge in [-0.1, -0.05) is 24.3 Å². The molecule has 7 nitrogen and oxygen atoms in total. The van der Waals surface area contributed by atoms with E-state index in [1.54, 1.807) is 31.4 Å². The van der Waals surface area contributed by atoms with Gasteiger partial charge in [0.1, 0.15) is 17.9 Å². The molecular formula is C18H18N4O3S. The Morgan fingerprint density at radius 2 is 1.81 bits per heavy atom. The van der Waals surface area contributed by atoms with Crippen molar-refractivity contribution in [3.05, 3.63) is 66.5 Å². The number of nitrogens with two attached hydrogens (primary N) is 1. The van der Waals surface area contributed by atoms with Crippen molar-refractivity contribution in [2.45, 2.75) is 5.75 Å². The summed E-state index contributed by atoms with van der Waals surface area (Å²) in [5.41, 5.74) is 2.98. The molecule has 0 saturated heterocycles. The number of nitrogens with zero attached hydrogens (tertiary/aromatic N) is 2. The molecule has 0 saturated carbocycles. The Balaban J connectivity index is 1.81. The van der Waals surface area contributed by atoms with Crippen LogP contribution in [0.3, 0.4) is 0 Å². The Morgan fingerprint density at radius 3 is 2.50 bits per heavy atom. The van der Waals surface area contributed by atoms with E-state index < -0.39 is 10.0 Å². The van der Waals surface area contributed by atoms with Crippen LogP contribution in [-0.4, -0.2) is 25.5 Å². The zero-order valence-corrected chi connectivity index (χ0v) is 14.9. The lowest BCUT2D eigenvalue weighted by Crippen LogP contribution is -2.14. The third-order valence-corrected chi connectivity index (χ3v) is 4.38. The van der Waals surface area contributed by atoms with Crippen LogP contribution in [0.5, 0.6) is 5.75 Å². The number of sulfonamides is 1. The summed E-state index contributed by atoms with van der Waals surface area (Å²) in [6.07, 6.45) is 1.47. The van der Waals surface area contributed by atoms with E-state index in [0.717, 1.165) is 22.7 Å². The van der Waals surface area contributed by atoms with Crippen molar-refractivity contribution in [1.82, 2.24) is 9.97 Å². The molecule has 1 heterocycles. The fourth-order valence-electron chi connectivity index (χ4n) is 2.49. The van der Waals surface area contributed by atoms with Crippen LogP contribution >= 0.6 is 0 Å². The largest absolute Gasteiger partial charge is 0.496 e. The zero-order chi connectivity index (χ0) is 18.6. The van der Waals surface area contributed by atoms with Crippen LogP contribution < -0.4 is 15.2 Å². The van der Waals surface area contributed by atoms with Crippen LogP contribution in [0.4, 0.5) is 11.5 Å². The van der Waals surface area contributed by atoms with Gasteiger partial charge in [0.15, 0.2) is 0 Å². The van der Waals surface area contributed by atoms with Crippen molar-refractivity contribution >= 4 is 21.5 Å². The molecule has 0 atom stereocenters. The van der Waals surface area contributed by atoms with Crippen LogP contribution in [0.1, 0.15) is 5.56 Å². The molecule has 8 heteroatoms. The average Bonchev–Trinajstić information content (AvgIpc) is 2.62. The van der Waals surface area contributed by atoms with Crippen molar-refractivity contribution in [2.75, 3.05) is 12.4 Å². The van der Waals surface area contributed by atoms with Gasteiger partial charge in [0, 0.05) is 17.3 Å². The number of hydrogen-bond donors (Lipinski definition) is 2. The molecule has 26 heavy (non-hydrogen) atoms. The number of benzene rings is 2. The third kappa shape index (κ3) is 4.56. The lowest BCUT2D eigenvalue weighted by atomic mass is 10.1. The molecule has 0 aliphatic rings. The molecule has 0 aliphatic heterocycles. The first-order chi connectivity index (χ1) is 12.4. The van der Waals surface area contributed by atoms with Gasteiger partial charge in [-0.25, -0.2) is 23.5 Å². The first-order valence-electron chi connectivity index (χ1n) is 7.76. The summed E-state index contributed by atoms with van der Waals surface area (Å²) in [6, 6.07) is 16.4.